The van der Waals surface area contributed by atoms with E-state index in [-0.39, 0.29) is 5.69 Å². The van der Waals surface area contributed by atoms with Crippen LogP contribution in [-0.2, 0) is 9.47 Å². The van der Waals surface area contributed by atoms with E-state index in [9.17, 15) is 4.79 Å². The highest BCUT2D eigenvalue weighted by Crippen LogP contribution is 2.14. The Hall–Kier alpha value is -2.34. The number of anilines is 1. The van der Waals surface area contributed by atoms with Gasteiger partial charge < -0.3 is 15.2 Å². The molecule has 0 radical (unpaired) electrons. The summed E-state index contributed by atoms with van der Waals surface area (Å²) in [5.74, 6) is -0.116. The van der Waals surface area contributed by atoms with Crippen LogP contribution in [0.25, 0.3) is 5.69 Å². The molecule has 2 N–H and O–H groups in total. The summed E-state index contributed by atoms with van der Waals surface area (Å²) in [6.45, 7) is 1.78. The summed E-state index contributed by atoms with van der Waals surface area (Å²) >= 11 is 0. The summed E-state index contributed by atoms with van der Waals surface area (Å²) in [7, 11) is 0. The lowest BCUT2D eigenvalue weighted by Gasteiger charge is -2.07. The standard InChI is InChI=1S/C15H17N3O3/c16-12-2-1-3-13(8-12)18-6-4-14(17-18)15(19)21-10-11-5-7-20-9-11/h1-4,6,8,11H,5,7,9-10,16H2. The summed E-state index contributed by atoms with van der Waals surface area (Å²) in [5.41, 5.74) is 7.47. The molecule has 0 bridgehead atoms. The van der Waals surface area contributed by atoms with Gasteiger partial charge in [0.05, 0.1) is 18.9 Å². The Morgan fingerprint density at radius 1 is 1.48 bits per heavy atom. The average Bonchev–Trinajstić information content (AvgIpc) is 3.16. The lowest BCUT2D eigenvalue weighted by Crippen LogP contribution is -2.15. The van der Waals surface area contributed by atoms with E-state index in [4.69, 9.17) is 15.2 Å². The monoisotopic (exact) mass is 287 g/mol. The quantitative estimate of drug-likeness (QED) is 0.683. The Morgan fingerprint density at radius 2 is 2.38 bits per heavy atom. The zero-order valence-electron chi connectivity index (χ0n) is 11.6. The number of rotatable bonds is 4. The highest BCUT2D eigenvalue weighted by atomic mass is 16.5. The van der Waals surface area contributed by atoms with Gasteiger partial charge in [-0.3, -0.25) is 0 Å². The first-order valence-electron chi connectivity index (χ1n) is 6.89. The van der Waals surface area contributed by atoms with Crippen LogP contribution < -0.4 is 5.73 Å². The van der Waals surface area contributed by atoms with E-state index < -0.39 is 5.97 Å². The highest BCUT2D eigenvalue weighted by Gasteiger charge is 2.19. The van der Waals surface area contributed by atoms with Gasteiger partial charge in [0.25, 0.3) is 0 Å². The molecule has 1 atom stereocenters. The van der Waals surface area contributed by atoms with Crippen molar-refractivity contribution in [3.63, 3.8) is 0 Å². The molecule has 110 valence electrons. The first-order chi connectivity index (χ1) is 10.2. The number of carbonyl (C=O) groups excluding carboxylic acids is 1. The third-order valence-electron chi connectivity index (χ3n) is 3.41. The van der Waals surface area contributed by atoms with Gasteiger partial charge in [-0.05, 0) is 30.7 Å². The number of carbonyl (C=O) groups is 1. The molecule has 6 heteroatoms. The predicted molar refractivity (Wildman–Crippen MR) is 77.2 cm³/mol. The summed E-state index contributed by atoms with van der Waals surface area (Å²) in [6, 6.07) is 8.93. The van der Waals surface area contributed by atoms with Gasteiger partial charge in [-0.2, -0.15) is 5.10 Å². The van der Waals surface area contributed by atoms with Crippen LogP contribution in [0.2, 0.25) is 0 Å². The van der Waals surface area contributed by atoms with E-state index in [1.807, 2.05) is 12.1 Å². The summed E-state index contributed by atoms with van der Waals surface area (Å²) < 4.78 is 12.1. The number of nitrogens with two attached hydrogens (primary N) is 1. The van der Waals surface area contributed by atoms with Crippen LogP contribution in [-0.4, -0.2) is 35.6 Å². The fourth-order valence-electron chi connectivity index (χ4n) is 2.23. The van der Waals surface area contributed by atoms with Crippen LogP contribution in [0.1, 0.15) is 16.9 Å². The van der Waals surface area contributed by atoms with E-state index in [2.05, 4.69) is 5.10 Å². The number of nitrogen functional groups attached to an aromatic ring is 1. The van der Waals surface area contributed by atoms with Crippen LogP contribution in [0.15, 0.2) is 36.5 Å². The third kappa shape index (κ3) is 3.22. The minimum absolute atomic E-state index is 0.288. The normalized spacial score (nSPS) is 17.8. The van der Waals surface area contributed by atoms with Crippen LogP contribution in [0.3, 0.4) is 0 Å². The van der Waals surface area contributed by atoms with E-state index in [1.165, 1.54) is 0 Å². The number of esters is 1. The molecular weight excluding hydrogens is 270 g/mol. The second-order valence-electron chi connectivity index (χ2n) is 5.07. The maximum atomic E-state index is 11.9. The molecule has 0 spiro atoms. The fraction of sp³-hybridized carbons (Fsp3) is 0.333. The smallest absolute Gasteiger partial charge is 0.358 e. The Bertz CT molecular complexity index is 633. The van der Waals surface area contributed by atoms with E-state index in [0.717, 1.165) is 18.7 Å². The van der Waals surface area contributed by atoms with Crippen LogP contribution >= 0.6 is 0 Å². The van der Waals surface area contributed by atoms with Crippen molar-refractivity contribution >= 4 is 11.7 Å². The molecule has 1 fully saturated rings. The largest absolute Gasteiger partial charge is 0.461 e. The molecule has 3 rings (SSSR count). The summed E-state index contributed by atoms with van der Waals surface area (Å²) in [5, 5.41) is 4.22. The topological polar surface area (TPSA) is 79.4 Å². The maximum absolute atomic E-state index is 11.9. The Labute approximate surface area is 122 Å². The van der Waals surface area contributed by atoms with E-state index >= 15 is 0 Å². The Morgan fingerprint density at radius 3 is 3.14 bits per heavy atom. The molecule has 2 heterocycles. The number of benzene rings is 1. The SMILES string of the molecule is Nc1cccc(-n2ccc(C(=O)OCC3CCOC3)n2)c1. The van der Waals surface area contributed by atoms with Crippen molar-refractivity contribution in [1.82, 2.24) is 9.78 Å². The molecule has 6 nitrogen and oxygen atoms in total. The summed E-state index contributed by atoms with van der Waals surface area (Å²) in [6.07, 6.45) is 2.65. The Balaban J connectivity index is 1.65. The molecular formula is C15H17N3O3. The molecule has 0 aliphatic carbocycles. The average molecular weight is 287 g/mol. The van der Waals surface area contributed by atoms with Gasteiger partial charge in [0.2, 0.25) is 0 Å². The third-order valence-corrected chi connectivity index (χ3v) is 3.41. The zero-order chi connectivity index (χ0) is 14.7. The molecule has 2 aromatic rings. The van der Waals surface area contributed by atoms with Crippen LogP contribution in [0, 0.1) is 5.92 Å². The maximum Gasteiger partial charge on any atom is 0.358 e. The van der Waals surface area contributed by atoms with Gasteiger partial charge in [-0.1, -0.05) is 6.07 Å². The van der Waals surface area contributed by atoms with Crippen molar-refractivity contribution in [3.05, 3.63) is 42.2 Å². The van der Waals surface area contributed by atoms with E-state index in [1.54, 1.807) is 29.1 Å². The summed E-state index contributed by atoms with van der Waals surface area (Å²) in [4.78, 5) is 11.9. The number of aromatic nitrogens is 2. The molecule has 21 heavy (non-hydrogen) atoms. The second kappa shape index (κ2) is 5.97. The molecule has 1 saturated heterocycles. The fourth-order valence-corrected chi connectivity index (χ4v) is 2.23. The van der Waals surface area contributed by atoms with Gasteiger partial charge in [0.1, 0.15) is 0 Å². The van der Waals surface area contributed by atoms with Gasteiger partial charge in [-0.25, -0.2) is 9.48 Å². The van der Waals surface area contributed by atoms with Gasteiger partial charge in [0, 0.05) is 24.4 Å². The van der Waals surface area contributed by atoms with Gasteiger partial charge in [0.15, 0.2) is 5.69 Å². The van der Waals surface area contributed by atoms with Crippen LogP contribution in [0.5, 0.6) is 0 Å². The number of ether oxygens (including phenoxy) is 2. The first kappa shape index (κ1) is 13.6. The van der Waals surface area contributed by atoms with Crippen molar-refractivity contribution in [3.8, 4) is 5.69 Å². The predicted octanol–water partition coefficient (Wildman–Crippen LogP) is 1.65. The van der Waals surface area contributed by atoms with Crippen molar-refractivity contribution in [2.45, 2.75) is 6.42 Å². The molecule has 1 aromatic carbocycles. The molecule has 0 saturated carbocycles. The lowest BCUT2D eigenvalue weighted by atomic mass is 10.1. The second-order valence-corrected chi connectivity index (χ2v) is 5.07. The molecule has 1 aliphatic heterocycles. The minimum Gasteiger partial charge on any atom is -0.461 e. The molecule has 1 unspecified atom stereocenters. The zero-order valence-corrected chi connectivity index (χ0v) is 11.6. The van der Waals surface area contributed by atoms with E-state index in [0.29, 0.717) is 24.8 Å². The number of nitrogens with zero attached hydrogens (tertiary/aromatic N) is 2. The molecule has 1 aliphatic rings. The number of hydrogen-bond acceptors (Lipinski definition) is 5. The lowest BCUT2D eigenvalue weighted by molar-refractivity contribution is 0.0421. The van der Waals surface area contributed by atoms with Crippen molar-refractivity contribution in [2.75, 3.05) is 25.6 Å². The van der Waals surface area contributed by atoms with Gasteiger partial charge >= 0.3 is 5.97 Å². The van der Waals surface area contributed by atoms with Crippen molar-refractivity contribution in [2.24, 2.45) is 5.92 Å². The van der Waals surface area contributed by atoms with Gasteiger partial charge in [-0.15, -0.1) is 0 Å². The first-order valence-corrected chi connectivity index (χ1v) is 6.89. The molecule has 1 aromatic heterocycles. The number of hydrogen-bond donors (Lipinski definition) is 1. The Kier molecular flexibility index (Phi) is 3.87. The van der Waals surface area contributed by atoms with Crippen molar-refractivity contribution in [1.29, 1.82) is 0 Å². The molecule has 0 amide bonds. The highest BCUT2D eigenvalue weighted by molar-refractivity contribution is 5.87. The minimum atomic E-state index is -0.412. The van der Waals surface area contributed by atoms with Crippen LogP contribution in [0.4, 0.5) is 5.69 Å². The van der Waals surface area contributed by atoms with Crippen molar-refractivity contribution < 1.29 is 14.3 Å².